The van der Waals surface area contributed by atoms with E-state index in [9.17, 15) is 4.79 Å². The minimum atomic E-state index is -0.343. The third-order valence-corrected chi connectivity index (χ3v) is 7.05. The van der Waals surface area contributed by atoms with E-state index < -0.39 is 0 Å². The van der Waals surface area contributed by atoms with Crippen LogP contribution in [0, 0.1) is 6.92 Å². The molecular weight excluding hydrogens is 450 g/mol. The van der Waals surface area contributed by atoms with Crippen LogP contribution in [0.4, 0.5) is 5.13 Å². The normalized spacial score (nSPS) is 12.0. The van der Waals surface area contributed by atoms with Crippen LogP contribution in [0.3, 0.4) is 0 Å². The van der Waals surface area contributed by atoms with Crippen molar-refractivity contribution in [1.29, 1.82) is 0 Å². The maximum absolute atomic E-state index is 12.8. The van der Waals surface area contributed by atoms with Gasteiger partial charge in [0.05, 0.1) is 5.25 Å². The topological polar surface area (TPSA) is 72.7 Å². The lowest BCUT2D eigenvalue weighted by Crippen LogP contribution is -2.25. The number of anilines is 1. The van der Waals surface area contributed by atoms with Gasteiger partial charge in [-0.3, -0.25) is 9.36 Å². The first-order valence-corrected chi connectivity index (χ1v) is 11.8. The zero-order chi connectivity index (χ0) is 21.8. The Hall–Kier alpha value is -2.68. The molecule has 0 spiro atoms. The lowest BCUT2D eigenvalue weighted by Gasteiger charge is -2.15. The van der Waals surface area contributed by atoms with Gasteiger partial charge in [-0.2, -0.15) is 0 Å². The van der Waals surface area contributed by atoms with Gasteiger partial charge in [0.15, 0.2) is 16.1 Å². The summed E-state index contributed by atoms with van der Waals surface area (Å²) in [6.45, 7) is 3.94. The summed E-state index contributed by atoms with van der Waals surface area (Å²) in [5, 5.41) is 15.1. The molecule has 1 amide bonds. The third-order valence-electron chi connectivity index (χ3n) is 4.65. The van der Waals surface area contributed by atoms with Crippen LogP contribution in [-0.4, -0.2) is 30.9 Å². The predicted molar refractivity (Wildman–Crippen MR) is 127 cm³/mol. The van der Waals surface area contributed by atoms with Gasteiger partial charge in [-0.15, -0.1) is 21.5 Å². The fourth-order valence-electron chi connectivity index (χ4n) is 3.00. The molecule has 158 valence electrons. The molecule has 2 aromatic heterocycles. The van der Waals surface area contributed by atoms with E-state index >= 15 is 0 Å². The van der Waals surface area contributed by atoms with E-state index in [1.165, 1.54) is 23.1 Å². The lowest BCUT2D eigenvalue weighted by molar-refractivity contribution is -0.115. The van der Waals surface area contributed by atoms with Gasteiger partial charge in [0.25, 0.3) is 0 Å². The van der Waals surface area contributed by atoms with Crippen molar-refractivity contribution < 1.29 is 4.79 Å². The van der Waals surface area contributed by atoms with Gasteiger partial charge in [-0.25, -0.2) is 4.98 Å². The standard InChI is InChI=1S/C22H20ClN5OS2/c1-3-18(20(29)25-21-24-11-12-30-21)31-22-27-26-19(15-10-9-14(2)17(23)13-15)28(22)16-7-5-4-6-8-16/h4-13,18H,3H2,1-2H3,(H,24,25,29). The number of carbonyl (C=O) groups excluding carboxylic acids is 1. The Labute approximate surface area is 193 Å². The Morgan fingerprint density at radius 2 is 2.03 bits per heavy atom. The molecule has 0 saturated carbocycles. The second-order valence-electron chi connectivity index (χ2n) is 6.78. The average molecular weight is 470 g/mol. The summed E-state index contributed by atoms with van der Waals surface area (Å²) in [5.74, 6) is 0.566. The van der Waals surface area contributed by atoms with Crippen LogP contribution in [0.1, 0.15) is 18.9 Å². The number of aromatic nitrogens is 4. The lowest BCUT2D eigenvalue weighted by atomic mass is 10.1. The molecule has 0 radical (unpaired) electrons. The van der Waals surface area contributed by atoms with Gasteiger partial charge in [0, 0.05) is 27.9 Å². The molecular formula is C22H20ClN5OS2. The molecule has 0 saturated heterocycles. The van der Waals surface area contributed by atoms with Gasteiger partial charge >= 0.3 is 0 Å². The molecule has 0 aliphatic rings. The largest absolute Gasteiger partial charge is 0.301 e. The number of thiazole rings is 1. The monoisotopic (exact) mass is 469 g/mol. The number of halogens is 1. The minimum Gasteiger partial charge on any atom is -0.301 e. The van der Waals surface area contributed by atoms with Crippen LogP contribution in [-0.2, 0) is 4.79 Å². The number of thioether (sulfide) groups is 1. The number of hydrogen-bond donors (Lipinski definition) is 1. The summed E-state index contributed by atoms with van der Waals surface area (Å²) < 4.78 is 1.96. The van der Waals surface area contributed by atoms with E-state index in [2.05, 4.69) is 20.5 Å². The van der Waals surface area contributed by atoms with Crippen molar-refractivity contribution in [2.45, 2.75) is 30.7 Å². The molecule has 6 nitrogen and oxygen atoms in total. The summed E-state index contributed by atoms with van der Waals surface area (Å²) >= 11 is 9.14. The molecule has 31 heavy (non-hydrogen) atoms. The third kappa shape index (κ3) is 4.81. The Kier molecular flexibility index (Phi) is 6.70. The minimum absolute atomic E-state index is 0.106. The number of carbonyl (C=O) groups is 1. The molecule has 2 aromatic carbocycles. The van der Waals surface area contributed by atoms with Crippen LogP contribution < -0.4 is 5.32 Å². The Bertz CT molecular complexity index is 1180. The van der Waals surface area contributed by atoms with E-state index in [4.69, 9.17) is 11.6 Å². The van der Waals surface area contributed by atoms with E-state index in [1.54, 1.807) is 6.20 Å². The van der Waals surface area contributed by atoms with Crippen molar-refractivity contribution in [2.75, 3.05) is 5.32 Å². The van der Waals surface area contributed by atoms with E-state index in [0.717, 1.165) is 16.8 Å². The summed E-state index contributed by atoms with van der Waals surface area (Å²) in [5.41, 5.74) is 2.77. The second kappa shape index (κ2) is 9.64. The second-order valence-corrected chi connectivity index (χ2v) is 9.25. The fourth-order valence-corrected chi connectivity index (χ4v) is 4.68. The molecule has 0 bridgehead atoms. The molecule has 0 fully saturated rings. The van der Waals surface area contributed by atoms with Crippen molar-refractivity contribution in [1.82, 2.24) is 19.7 Å². The van der Waals surface area contributed by atoms with Crippen molar-refractivity contribution in [3.63, 3.8) is 0 Å². The number of para-hydroxylation sites is 1. The summed E-state index contributed by atoms with van der Waals surface area (Å²) in [7, 11) is 0. The first-order valence-electron chi connectivity index (χ1n) is 9.71. The van der Waals surface area contributed by atoms with Crippen molar-refractivity contribution in [3.05, 3.63) is 70.7 Å². The number of aryl methyl sites for hydroxylation is 1. The molecule has 2 heterocycles. The van der Waals surface area contributed by atoms with Gasteiger partial charge < -0.3 is 5.32 Å². The molecule has 9 heteroatoms. The average Bonchev–Trinajstić information content (AvgIpc) is 3.44. The molecule has 4 aromatic rings. The van der Waals surface area contributed by atoms with E-state index in [-0.39, 0.29) is 11.2 Å². The Morgan fingerprint density at radius 3 is 2.71 bits per heavy atom. The Balaban J connectivity index is 1.71. The SMILES string of the molecule is CCC(Sc1nnc(-c2ccc(C)c(Cl)c2)n1-c1ccccc1)C(=O)Nc1nccs1. The van der Waals surface area contributed by atoms with Crippen LogP contribution in [0.2, 0.25) is 5.02 Å². The smallest absolute Gasteiger partial charge is 0.239 e. The number of benzene rings is 2. The summed E-state index contributed by atoms with van der Waals surface area (Å²) in [6.07, 6.45) is 2.30. The first kappa shape index (κ1) is 21.5. The van der Waals surface area contributed by atoms with Gasteiger partial charge in [0.1, 0.15) is 0 Å². The number of nitrogens with one attached hydrogen (secondary N) is 1. The summed E-state index contributed by atoms with van der Waals surface area (Å²) in [4.78, 5) is 16.9. The van der Waals surface area contributed by atoms with Crippen LogP contribution in [0.25, 0.3) is 17.1 Å². The van der Waals surface area contributed by atoms with Crippen molar-refractivity contribution in [3.8, 4) is 17.1 Å². The molecule has 4 rings (SSSR count). The maximum atomic E-state index is 12.8. The summed E-state index contributed by atoms with van der Waals surface area (Å²) in [6, 6.07) is 15.7. The highest BCUT2D eigenvalue weighted by atomic mass is 35.5. The quantitative estimate of drug-likeness (QED) is 0.343. The molecule has 1 unspecified atom stereocenters. The number of nitrogens with zero attached hydrogens (tertiary/aromatic N) is 4. The molecule has 1 N–H and O–H groups in total. The maximum Gasteiger partial charge on any atom is 0.239 e. The van der Waals surface area contributed by atoms with E-state index in [1.807, 2.05) is 72.3 Å². The highest BCUT2D eigenvalue weighted by Crippen LogP contribution is 2.33. The fraction of sp³-hybridized carbons (Fsp3) is 0.182. The van der Waals surface area contributed by atoms with Gasteiger partial charge in [-0.1, -0.05) is 60.6 Å². The van der Waals surface area contributed by atoms with Crippen LogP contribution >= 0.6 is 34.7 Å². The molecule has 1 atom stereocenters. The van der Waals surface area contributed by atoms with Crippen LogP contribution in [0.5, 0.6) is 0 Å². The molecule has 0 aliphatic carbocycles. The number of amides is 1. The highest BCUT2D eigenvalue weighted by Gasteiger charge is 2.24. The van der Waals surface area contributed by atoms with Gasteiger partial charge in [0.2, 0.25) is 5.91 Å². The Morgan fingerprint density at radius 1 is 1.23 bits per heavy atom. The number of hydrogen-bond acceptors (Lipinski definition) is 6. The first-order chi connectivity index (χ1) is 15.1. The van der Waals surface area contributed by atoms with E-state index in [0.29, 0.717) is 27.6 Å². The van der Waals surface area contributed by atoms with Crippen molar-refractivity contribution >= 4 is 45.7 Å². The van der Waals surface area contributed by atoms with Crippen molar-refractivity contribution in [2.24, 2.45) is 0 Å². The molecule has 0 aliphatic heterocycles. The number of rotatable bonds is 7. The highest BCUT2D eigenvalue weighted by molar-refractivity contribution is 8.00. The van der Waals surface area contributed by atoms with Gasteiger partial charge in [-0.05, 0) is 37.1 Å². The predicted octanol–water partition coefficient (Wildman–Crippen LogP) is 5.86. The zero-order valence-electron chi connectivity index (χ0n) is 16.9. The van der Waals surface area contributed by atoms with Crippen LogP contribution in [0.15, 0.2) is 65.3 Å². The zero-order valence-corrected chi connectivity index (χ0v) is 19.3.